The Labute approximate surface area is 192 Å². The molecule has 1 unspecified atom stereocenters. The second kappa shape index (κ2) is 9.05. The van der Waals surface area contributed by atoms with E-state index in [2.05, 4.69) is 35.9 Å². The van der Waals surface area contributed by atoms with E-state index in [1.807, 2.05) is 13.0 Å². The molecule has 0 aliphatic carbocycles. The molecule has 0 amide bonds. The van der Waals surface area contributed by atoms with Crippen LogP contribution in [-0.4, -0.2) is 49.6 Å². The molecule has 1 fully saturated rings. The van der Waals surface area contributed by atoms with E-state index in [0.29, 0.717) is 23.0 Å². The van der Waals surface area contributed by atoms with Crippen LogP contribution in [0, 0.1) is 6.92 Å². The molecule has 178 valence electrons. The van der Waals surface area contributed by atoms with Crippen LogP contribution in [0.15, 0.2) is 27.8 Å². The Balaban J connectivity index is 1.68. The zero-order valence-electron chi connectivity index (χ0n) is 20.0. The molecule has 1 N–H and O–H groups in total. The number of ether oxygens (including phenoxy) is 1. The number of imidazole rings is 1. The minimum atomic E-state index is -0.869. The summed E-state index contributed by atoms with van der Waals surface area (Å²) in [6, 6.07) is 6.09. The van der Waals surface area contributed by atoms with Crippen LogP contribution in [0.5, 0.6) is 5.75 Å². The van der Waals surface area contributed by atoms with Crippen LogP contribution in [0.4, 0.5) is 5.95 Å². The van der Waals surface area contributed by atoms with Crippen molar-refractivity contribution in [3.05, 3.63) is 50.2 Å². The van der Waals surface area contributed by atoms with Crippen molar-refractivity contribution in [3.63, 3.8) is 0 Å². The lowest BCUT2D eigenvalue weighted by Crippen LogP contribution is -2.38. The molecule has 9 nitrogen and oxygen atoms in total. The summed E-state index contributed by atoms with van der Waals surface area (Å²) in [7, 11) is 3.07. The zero-order valence-corrected chi connectivity index (χ0v) is 20.0. The summed E-state index contributed by atoms with van der Waals surface area (Å²) in [5.74, 6) is 1.66. The summed E-state index contributed by atoms with van der Waals surface area (Å²) < 4.78 is 10.2. The second-order valence-electron chi connectivity index (χ2n) is 9.26. The Morgan fingerprint density at radius 1 is 1.12 bits per heavy atom. The van der Waals surface area contributed by atoms with Gasteiger partial charge in [0.1, 0.15) is 18.5 Å². The average Bonchev–Trinajstić information content (AvgIpc) is 3.43. The van der Waals surface area contributed by atoms with Gasteiger partial charge < -0.3 is 19.3 Å². The Morgan fingerprint density at radius 3 is 2.48 bits per heavy atom. The van der Waals surface area contributed by atoms with Crippen molar-refractivity contribution in [3.8, 4) is 5.75 Å². The maximum Gasteiger partial charge on any atom is 0.332 e. The molecule has 0 saturated carbocycles. The van der Waals surface area contributed by atoms with Gasteiger partial charge in [-0.2, -0.15) is 4.98 Å². The first-order valence-corrected chi connectivity index (χ1v) is 11.5. The summed E-state index contributed by atoms with van der Waals surface area (Å²) >= 11 is 0. The maximum atomic E-state index is 13.0. The standard InChI is InChI=1S/C24H33N5O4/c1-15(2)18-9-8-16(3)12-19(18)33-14-17(30)13-29-20-21(25-23(29)28-10-6-7-11-28)26(4)24(32)27(5)22(20)31/h8-9,12,15,17,30H,6-7,10-11,13-14H2,1-5H3. The van der Waals surface area contributed by atoms with Gasteiger partial charge in [0.25, 0.3) is 5.56 Å². The molecule has 1 aliphatic heterocycles. The topological polar surface area (TPSA) is 94.5 Å². The van der Waals surface area contributed by atoms with Crippen LogP contribution < -0.4 is 20.9 Å². The quantitative estimate of drug-likeness (QED) is 0.585. The summed E-state index contributed by atoms with van der Waals surface area (Å²) in [4.78, 5) is 32.2. The monoisotopic (exact) mass is 455 g/mol. The van der Waals surface area contributed by atoms with Crippen molar-refractivity contribution < 1.29 is 9.84 Å². The van der Waals surface area contributed by atoms with E-state index < -0.39 is 17.4 Å². The maximum absolute atomic E-state index is 13.0. The van der Waals surface area contributed by atoms with Gasteiger partial charge in [0.2, 0.25) is 5.95 Å². The smallest absolute Gasteiger partial charge is 0.332 e. The Kier molecular flexibility index (Phi) is 6.34. The van der Waals surface area contributed by atoms with Gasteiger partial charge in [0.15, 0.2) is 11.2 Å². The summed E-state index contributed by atoms with van der Waals surface area (Å²) in [5.41, 5.74) is 1.99. The van der Waals surface area contributed by atoms with Gasteiger partial charge in [0.05, 0.1) is 6.54 Å². The highest BCUT2D eigenvalue weighted by molar-refractivity contribution is 5.74. The Hall–Kier alpha value is -3.07. The van der Waals surface area contributed by atoms with Gasteiger partial charge in [-0.25, -0.2) is 4.79 Å². The third kappa shape index (κ3) is 4.29. The fourth-order valence-electron chi connectivity index (χ4n) is 4.46. The van der Waals surface area contributed by atoms with Crippen LogP contribution >= 0.6 is 0 Å². The average molecular weight is 456 g/mol. The van der Waals surface area contributed by atoms with Gasteiger partial charge in [-0.05, 0) is 42.9 Å². The lowest BCUT2D eigenvalue weighted by Gasteiger charge is -2.21. The van der Waals surface area contributed by atoms with Crippen LogP contribution in [0.1, 0.15) is 43.7 Å². The fourth-order valence-corrected chi connectivity index (χ4v) is 4.46. The van der Waals surface area contributed by atoms with Gasteiger partial charge in [-0.1, -0.05) is 26.0 Å². The van der Waals surface area contributed by atoms with E-state index in [0.717, 1.165) is 47.4 Å². The normalized spacial score (nSPS) is 15.1. The highest BCUT2D eigenvalue weighted by atomic mass is 16.5. The van der Waals surface area contributed by atoms with Crippen LogP contribution in [-0.2, 0) is 20.6 Å². The van der Waals surface area contributed by atoms with Crippen molar-refractivity contribution in [1.29, 1.82) is 0 Å². The van der Waals surface area contributed by atoms with Crippen LogP contribution in [0.25, 0.3) is 11.2 Å². The number of aliphatic hydroxyl groups excluding tert-OH is 1. The van der Waals surface area contributed by atoms with Gasteiger partial charge in [0, 0.05) is 27.2 Å². The third-order valence-corrected chi connectivity index (χ3v) is 6.33. The van der Waals surface area contributed by atoms with Crippen molar-refractivity contribution in [2.75, 3.05) is 24.6 Å². The van der Waals surface area contributed by atoms with E-state index in [1.165, 1.54) is 11.6 Å². The lowest BCUT2D eigenvalue weighted by atomic mass is 10.0. The predicted molar refractivity (Wildman–Crippen MR) is 128 cm³/mol. The SMILES string of the molecule is Cc1ccc(C(C)C)c(OCC(O)Cn2c(N3CCCC3)nc3c2c(=O)n(C)c(=O)n3C)c1. The van der Waals surface area contributed by atoms with Crippen molar-refractivity contribution in [2.45, 2.75) is 52.2 Å². The number of aromatic nitrogens is 4. The fraction of sp³-hybridized carbons (Fsp3) is 0.542. The summed E-state index contributed by atoms with van der Waals surface area (Å²) in [6.07, 6.45) is 1.21. The van der Waals surface area contributed by atoms with E-state index in [1.54, 1.807) is 11.6 Å². The summed E-state index contributed by atoms with van der Waals surface area (Å²) in [6.45, 7) is 8.08. The third-order valence-electron chi connectivity index (χ3n) is 6.33. The molecule has 1 aromatic carbocycles. The van der Waals surface area contributed by atoms with Gasteiger partial charge in [-0.15, -0.1) is 0 Å². The molecule has 1 saturated heterocycles. The number of fused-ring (bicyclic) bond motifs is 1. The number of hydrogen-bond acceptors (Lipinski definition) is 6. The molecule has 9 heteroatoms. The van der Waals surface area contributed by atoms with Gasteiger partial charge >= 0.3 is 5.69 Å². The summed E-state index contributed by atoms with van der Waals surface area (Å²) in [5, 5.41) is 10.9. The van der Waals surface area contributed by atoms with E-state index in [9.17, 15) is 14.7 Å². The van der Waals surface area contributed by atoms with E-state index in [4.69, 9.17) is 4.74 Å². The van der Waals surface area contributed by atoms with E-state index in [-0.39, 0.29) is 13.2 Å². The molecule has 33 heavy (non-hydrogen) atoms. The van der Waals surface area contributed by atoms with Crippen molar-refractivity contribution in [2.24, 2.45) is 14.1 Å². The second-order valence-corrected chi connectivity index (χ2v) is 9.26. The number of benzene rings is 1. The predicted octanol–water partition coefficient (Wildman–Crippen LogP) is 1.91. The van der Waals surface area contributed by atoms with Gasteiger partial charge in [-0.3, -0.25) is 13.9 Å². The number of nitrogens with zero attached hydrogens (tertiary/aromatic N) is 5. The number of hydrogen-bond donors (Lipinski definition) is 1. The first kappa shape index (κ1) is 23.1. The minimum absolute atomic E-state index is 0.0777. The first-order chi connectivity index (χ1) is 15.7. The van der Waals surface area contributed by atoms with Crippen LogP contribution in [0.2, 0.25) is 0 Å². The minimum Gasteiger partial charge on any atom is -0.491 e. The lowest BCUT2D eigenvalue weighted by molar-refractivity contribution is 0.0930. The van der Waals surface area contributed by atoms with Crippen molar-refractivity contribution in [1.82, 2.24) is 18.7 Å². The highest BCUT2D eigenvalue weighted by Crippen LogP contribution is 2.28. The number of aliphatic hydroxyl groups is 1. The van der Waals surface area contributed by atoms with Crippen LogP contribution in [0.3, 0.4) is 0 Å². The molecule has 3 heterocycles. The number of anilines is 1. The van der Waals surface area contributed by atoms with Crippen molar-refractivity contribution >= 4 is 17.1 Å². The highest BCUT2D eigenvalue weighted by Gasteiger charge is 2.26. The molecule has 4 rings (SSSR count). The molecule has 2 aromatic heterocycles. The zero-order chi connectivity index (χ0) is 23.9. The molecular weight excluding hydrogens is 422 g/mol. The molecule has 0 radical (unpaired) electrons. The Morgan fingerprint density at radius 2 is 1.82 bits per heavy atom. The van der Waals surface area contributed by atoms with E-state index >= 15 is 0 Å². The molecule has 0 spiro atoms. The Bertz CT molecular complexity index is 1280. The molecule has 0 bridgehead atoms. The first-order valence-electron chi connectivity index (χ1n) is 11.5. The molecule has 3 aromatic rings. The number of aryl methyl sites for hydroxylation is 2. The molecular formula is C24H33N5O4. The molecule has 1 atom stereocenters. The molecule has 1 aliphatic rings. The largest absolute Gasteiger partial charge is 0.491 e. The number of rotatable bonds is 7.